The SMILES string of the molecule is C=C(C)C(=O)OCCOC(=O)NC1CCC(CC2CCC(N)CC2)CC1.C=C(C)C(=O)OCCOC=O. The molecule has 0 aromatic heterocycles. The minimum atomic E-state index is -0.473. The van der Waals surface area contributed by atoms with E-state index in [0.717, 1.165) is 24.7 Å². The lowest BCUT2D eigenvalue weighted by molar-refractivity contribution is -0.143. The fourth-order valence-electron chi connectivity index (χ4n) is 4.39. The van der Waals surface area contributed by atoms with Crippen LogP contribution in [0.4, 0.5) is 4.79 Å². The Morgan fingerprint density at radius 3 is 1.73 bits per heavy atom. The molecule has 2 aliphatic rings. The summed E-state index contributed by atoms with van der Waals surface area (Å²) in [5.74, 6) is 0.688. The fourth-order valence-corrected chi connectivity index (χ4v) is 4.39. The summed E-state index contributed by atoms with van der Waals surface area (Å²) in [7, 11) is 0. The third-order valence-corrected chi connectivity index (χ3v) is 6.48. The largest absolute Gasteiger partial charge is 0.464 e. The van der Waals surface area contributed by atoms with Gasteiger partial charge in [-0.3, -0.25) is 4.79 Å². The first-order valence-electron chi connectivity index (χ1n) is 13.0. The van der Waals surface area contributed by atoms with Crippen molar-refractivity contribution in [2.24, 2.45) is 17.6 Å². The summed E-state index contributed by atoms with van der Waals surface area (Å²) in [6, 6.07) is 0.609. The number of amides is 1. The van der Waals surface area contributed by atoms with Crippen molar-refractivity contribution in [3.8, 4) is 0 Å². The molecule has 0 radical (unpaired) electrons. The number of rotatable bonds is 12. The molecule has 0 aromatic rings. The number of esters is 2. The summed E-state index contributed by atoms with van der Waals surface area (Å²) >= 11 is 0. The Morgan fingerprint density at radius 2 is 1.24 bits per heavy atom. The van der Waals surface area contributed by atoms with Crippen LogP contribution >= 0.6 is 0 Å². The van der Waals surface area contributed by atoms with Crippen LogP contribution < -0.4 is 11.1 Å². The zero-order valence-corrected chi connectivity index (χ0v) is 22.3. The predicted octanol–water partition coefficient (Wildman–Crippen LogP) is 3.58. The molecule has 1 amide bonds. The van der Waals surface area contributed by atoms with Crippen LogP contribution in [0.15, 0.2) is 24.3 Å². The van der Waals surface area contributed by atoms with E-state index in [1.54, 1.807) is 13.8 Å². The normalized spacial score (nSPS) is 22.8. The smallest absolute Gasteiger partial charge is 0.407 e. The average molecular weight is 525 g/mol. The Labute approximate surface area is 220 Å². The van der Waals surface area contributed by atoms with Gasteiger partial charge in [-0.15, -0.1) is 0 Å². The molecule has 0 bridgehead atoms. The highest BCUT2D eigenvalue weighted by Gasteiger charge is 2.27. The van der Waals surface area contributed by atoms with Crippen molar-refractivity contribution in [3.05, 3.63) is 24.3 Å². The van der Waals surface area contributed by atoms with Crippen LogP contribution in [0, 0.1) is 11.8 Å². The molecule has 0 unspecified atom stereocenters. The van der Waals surface area contributed by atoms with Crippen LogP contribution in [0.3, 0.4) is 0 Å². The second kappa shape index (κ2) is 18.4. The molecule has 2 rings (SSSR count). The van der Waals surface area contributed by atoms with Gasteiger partial charge in [0, 0.05) is 23.2 Å². The molecule has 3 N–H and O–H groups in total. The summed E-state index contributed by atoms with van der Waals surface area (Å²) in [5.41, 5.74) is 6.65. The van der Waals surface area contributed by atoms with Gasteiger partial charge in [0.15, 0.2) is 0 Å². The van der Waals surface area contributed by atoms with E-state index in [-0.39, 0.29) is 32.5 Å². The molecule has 0 atom stereocenters. The number of carbonyl (C=O) groups is 4. The monoisotopic (exact) mass is 524 g/mol. The van der Waals surface area contributed by atoms with Crippen molar-refractivity contribution in [1.29, 1.82) is 0 Å². The first-order valence-corrected chi connectivity index (χ1v) is 13.0. The van der Waals surface area contributed by atoms with Crippen molar-refractivity contribution in [1.82, 2.24) is 5.32 Å². The molecular weight excluding hydrogens is 480 g/mol. The van der Waals surface area contributed by atoms with E-state index in [0.29, 0.717) is 23.7 Å². The van der Waals surface area contributed by atoms with Crippen molar-refractivity contribution in [2.75, 3.05) is 26.4 Å². The van der Waals surface area contributed by atoms with Crippen molar-refractivity contribution in [2.45, 2.75) is 83.7 Å². The molecule has 10 heteroatoms. The summed E-state index contributed by atoms with van der Waals surface area (Å²) in [5, 5.41) is 2.92. The van der Waals surface area contributed by atoms with Gasteiger partial charge in [-0.2, -0.15) is 0 Å². The summed E-state index contributed by atoms with van der Waals surface area (Å²) in [6.45, 7) is 10.6. The summed E-state index contributed by atoms with van der Waals surface area (Å²) in [4.78, 5) is 43.3. The van der Waals surface area contributed by atoms with E-state index in [1.165, 1.54) is 44.9 Å². The number of alkyl carbamates (subject to hydrolysis) is 1. The molecule has 0 aromatic carbocycles. The molecule has 0 heterocycles. The Hall–Kier alpha value is -2.88. The van der Waals surface area contributed by atoms with Gasteiger partial charge in [0.25, 0.3) is 6.47 Å². The number of ether oxygens (including phenoxy) is 4. The molecule has 0 spiro atoms. The minimum absolute atomic E-state index is 0.0525. The standard InChI is InChI=1S/C20H34N2O4.C7H10O4/c1-14(2)19(23)25-11-12-26-20(24)22-18-9-5-16(6-10-18)13-15-3-7-17(21)8-4-15;1-6(2)7(9)11-4-3-10-5-8/h15-18H,1,3-13,21H2,2H3,(H,22,24);5H,1,3-4H2,2H3. The van der Waals surface area contributed by atoms with Gasteiger partial charge in [0.1, 0.15) is 26.4 Å². The Balaban J connectivity index is 0.000000525. The van der Waals surface area contributed by atoms with Gasteiger partial charge in [-0.05, 0) is 83.5 Å². The summed E-state index contributed by atoms with van der Waals surface area (Å²) in [6.07, 6.45) is 10.2. The van der Waals surface area contributed by atoms with Crippen LogP contribution in [0.1, 0.15) is 71.6 Å². The van der Waals surface area contributed by atoms with Gasteiger partial charge in [0.05, 0.1) is 0 Å². The van der Waals surface area contributed by atoms with Gasteiger partial charge in [0.2, 0.25) is 0 Å². The lowest BCUT2D eigenvalue weighted by Crippen LogP contribution is -2.38. The third kappa shape index (κ3) is 15.1. The highest BCUT2D eigenvalue weighted by atomic mass is 16.6. The Morgan fingerprint density at radius 1 is 0.784 bits per heavy atom. The van der Waals surface area contributed by atoms with Crippen LogP contribution in [-0.2, 0) is 33.3 Å². The zero-order chi connectivity index (χ0) is 27.6. The number of hydrogen-bond acceptors (Lipinski definition) is 9. The van der Waals surface area contributed by atoms with E-state index in [1.807, 2.05) is 0 Å². The summed E-state index contributed by atoms with van der Waals surface area (Å²) < 4.78 is 18.8. The lowest BCUT2D eigenvalue weighted by atomic mass is 9.76. The molecule has 10 nitrogen and oxygen atoms in total. The zero-order valence-electron chi connectivity index (χ0n) is 22.3. The van der Waals surface area contributed by atoms with Gasteiger partial charge >= 0.3 is 18.0 Å². The fraction of sp³-hybridized carbons (Fsp3) is 0.704. The molecular formula is C27H44N2O8. The molecule has 210 valence electrons. The molecule has 2 aliphatic carbocycles. The molecule has 0 aliphatic heterocycles. The van der Waals surface area contributed by atoms with Crippen LogP contribution in [0.2, 0.25) is 0 Å². The van der Waals surface area contributed by atoms with Gasteiger partial charge < -0.3 is 30.0 Å². The second-order valence-corrected chi connectivity index (χ2v) is 9.81. The lowest BCUT2D eigenvalue weighted by Gasteiger charge is -2.33. The molecule has 0 saturated heterocycles. The molecule has 2 fully saturated rings. The number of nitrogens with one attached hydrogen (secondary N) is 1. The Kier molecular flexibility index (Phi) is 16.0. The number of carbonyl (C=O) groups excluding carboxylic acids is 4. The van der Waals surface area contributed by atoms with Crippen LogP contribution in [0.25, 0.3) is 0 Å². The minimum Gasteiger partial charge on any atom is -0.464 e. The number of hydrogen-bond donors (Lipinski definition) is 2. The third-order valence-electron chi connectivity index (χ3n) is 6.48. The van der Waals surface area contributed by atoms with Gasteiger partial charge in [-0.1, -0.05) is 13.2 Å². The van der Waals surface area contributed by atoms with E-state index >= 15 is 0 Å². The average Bonchev–Trinajstić information content (AvgIpc) is 2.87. The first kappa shape index (κ1) is 32.1. The van der Waals surface area contributed by atoms with E-state index in [9.17, 15) is 19.2 Å². The topological polar surface area (TPSA) is 143 Å². The number of nitrogens with two attached hydrogens (primary N) is 1. The maximum Gasteiger partial charge on any atom is 0.407 e. The van der Waals surface area contributed by atoms with Crippen molar-refractivity contribution < 1.29 is 38.1 Å². The molecule has 37 heavy (non-hydrogen) atoms. The van der Waals surface area contributed by atoms with Gasteiger partial charge in [-0.25, -0.2) is 14.4 Å². The van der Waals surface area contributed by atoms with Crippen molar-refractivity contribution in [3.63, 3.8) is 0 Å². The van der Waals surface area contributed by atoms with Crippen LogP contribution in [-0.4, -0.2) is 63.0 Å². The first-order chi connectivity index (χ1) is 17.6. The van der Waals surface area contributed by atoms with E-state index in [4.69, 9.17) is 15.2 Å². The quantitative estimate of drug-likeness (QED) is 0.129. The maximum absolute atomic E-state index is 11.8. The Bertz CT molecular complexity index is 754. The van der Waals surface area contributed by atoms with E-state index in [2.05, 4.69) is 27.9 Å². The highest BCUT2D eigenvalue weighted by Crippen LogP contribution is 2.35. The van der Waals surface area contributed by atoms with Crippen molar-refractivity contribution >= 4 is 24.5 Å². The van der Waals surface area contributed by atoms with Crippen LogP contribution in [0.5, 0.6) is 0 Å². The highest BCUT2D eigenvalue weighted by molar-refractivity contribution is 5.87. The molecule has 2 saturated carbocycles. The second-order valence-electron chi connectivity index (χ2n) is 9.81. The maximum atomic E-state index is 11.8. The van der Waals surface area contributed by atoms with E-state index < -0.39 is 18.0 Å². The predicted molar refractivity (Wildman–Crippen MR) is 138 cm³/mol.